The zero-order valence-corrected chi connectivity index (χ0v) is 14.3. The topological polar surface area (TPSA) is 62.7 Å². The van der Waals surface area contributed by atoms with Crippen molar-refractivity contribution in [2.24, 2.45) is 0 Å². The Hall–Kier alpha value is -1.47. The van der Waals surface area contributed by atoms with E-state index in [1.807, 2.05) is 22.1 Å². The average Bonchev–Trinajstić information content (AvgIpc) is 3.13. The normalized spacial score (nSPS) is 22.2. The lowest BCUT2D eigenvalue weighted by Crippen LogP contribution is -2.42. The molecule has 7 heteroatoms. The Labute approximate surface area is 140 Å². The monoisotopic (exact) mass is 337 g/mol. The lowest BCUT2D eigenvalue weighted by Gasteiger charge is -2.24. The van der Waals surface area contributed by atoms with Crippen LogP contribution in [0.4, 0.5) is 0 Å². The number of amides is 2. The van der Waals surface area contributed by atoms with Crippen molar-refractivity contribution in [2.45, 2.75) is 38.7 Å². The molecule has 0 aromatic carbocycles. The Morgan fingerprint density at radius 2 is 2.04 bits per heavy atom. The second kappa shape index (κ2) is 7.40. The zero-order valence-electron chi connectivity index (χ0n) is 13.5. The lowest BCUT2D eigenvalue weighted by molar-refractivity contribution is -0.141. The average molecular weight is 337 g/mol. The molecular formula is C16H23N3O3S. The summed E-state index contributed by atoms with van der Waals surface area (Å²) in [6.45, 7) is 5.23. The van der Waals surface area contributed by atoms with Crippen LogP contribution in [0.5, 0.6) is 0 Å². The van der Waals surface area contributed by atoms with Gasteiger partial charge in [-0.25, -0.2) is 4.98 Å². The number of thiazole rings is 1. The third-order valence-electron chi connectivity index (χ3n) is 4.36. The van der Waals surface area contributed by atoms with E-state index in [4.69, 9.17) is 4.74 Å². The SMILES string of the molecule is Cc1nc(CC(=O)N2CCCN(C(=O)[C@@H]3CCCO3)CC2)cs1. The summed E-state index contributed by atoms with van der Waals surface area (Å²) < 4.78 is 5.49. The predicted molar refractivity (Wildman–Crippen MR) is 87.3 cm³/mol. The molecule has 0 aliphatic carbocycles. The standard InChI is InChI=1S/C16H23N3O3S/c1-12-17-13(11-23-12)10-15(20)18-5-3-6-19(8-7-18)16(21)14-4-2-9-22-14/h11,14H,2-10H2,1H3/t14-/m0/s1. The molecule has 6 nitrogen and oxygen atoms in total. The van der Waals surface area contributed by atoms with Crippen LogP contribution in [0.15, 0.2) is 5.38 Å². The molecule has 0 N–H and O–H groups in total. The highest BCUT2D eigenvalue weighted by Crippen LogP contribution is 2.16. The number of carbonyl (C=O) groups is 2. The van der Waals surface area contributed by atoms with Crippen LogP contribution in [-0.2, 0) is 20.7 Å². The van der Waals surface area contributed by atoms with Crippen molar-refractivity contribution in [3.8, 4) is 0 Å². The van der Waals surface area contributed by atoms with E-state index in [0.717, 1.165) is 30.0 Å². The second-order valence-corrected chi connectivity index (χ2v) is 7.16. The number of hydrogen-bond acceptors (Lipinski definition) is 5. The molecule has 0 unspecified atom stereocenters. The molecular weight excluding hydrogens is 314 g/mol. The molecule has 0 spiro atoms. The molecule has 1 aromatic rings. The van der Waals surface area contributed by atoms with Crippen molar-refractivity contribution < 1.29 is 14.3 Å². The maximum Gasteiger partial charge on any atom is 0.251 e. The van der Waals surface area contributed by atoms with E-state index in [-0.39, 0.29) is 17.9 Å². The van der Waals surface area contributed by atoms with Gasteiger partial charge in [0.1, 0.15) is 6.10 Å². The van der Waals surface area contributed by atoms with E-state index in [1.165, 1.54) is 0 Å². The highest BCUT2D eigenvalue weighted by molar-refractivity contribution is 7.09. The lowest BCUT2D eigenvalue weighted by atomic mass is 10.2. The molecule has 3 rings (SSSR count). The number of hydrogen-bond donors (Lipinski definition) is 0. The molecule has 2 fully saturated rings. The van der Waals surface area contributed by atoms with Crippen molar-refractivity contribution in [2.75, 3.05) is 32.8 Å². The first-order chi connectivity index (χ1) is 11.1. The molecule has 2 aliphatic rings. The van der Waals surface area contributed by atoms with E-state index < -0.39 is 0 Å². The van der Waals surface area contributed by atoms with E-state index in [2.05, 4.69) is 4.98 Å². The first-order valence-electron chi connectivity index (χ1n) is 8.22. The van der Waals surface area contributed by atoms with Crippen molar-refractivity contribution in [1.82, 2.24) is 14.8 Å². The van der Waals surface area contributed by atoms with Crippen molar-refractivity contribution >= 4 is 23.2 Å². The van der Waals surface area contributed by atoms with Crippen LogP contribution in [-0.4, -0.2) is 65.5 Å². The minimum absolute atomic E-state index is 0.0897. The van der Waals surface area contributed by atoms with Gasteiger partial charge in [-0.3, -0.25) is 9.59 Å². The van der Waals surface area contributed by atoms with Gasteiger partial charge in [0.15, 0.2) is 0 Å². The fourth-order valence-corrected chi connectivity index (χ4v) is 3.73. The fraction of sp³-hybridized carbons (Fsp3) is 0.688. The van der Waals surface area contributed by atoms with E-state index in [1.54, 1.807) is 11.3 Å². The summed E-state index contributed by atoms with van der Waals surface area (Å²) in [6, 6.07) is 0. The van der Waals surface area contributed by atoms with Gasteiger partial charge in [-0.2, -0.15) is 0 Å². The third kappa shape index (κ3) is 4.09. The largest absolute Gasteiger partial charge is 0.368 e. The zero-order chi connectivity index (χ0) is 16.2. The summed E-state index contributed by atoms with van der Waals surface area (Å²) in [4.78, 5) is 32.9. The van der Waals surface area contributed by atoms with Gasteiger partial charge in [0.25, 0.3) is 5.91 Å². The van der Waals surface area contributed by atoms with Gasteiger partial charge in [-0.05, 0) is 26.2 Å². The molecule has 0 radical (unpaired) electrons. The highest BCUT2D eigenvalue weighted by atomic mass is 32.1. The molecule has 1 aromatic heterocycles. The van der Waals surface area contributed by atoms with Gasteiger partial charge in [0, 0.05) is 38.2 Å². The van der Waals surface area contributed by atoms with Crippen LogP contribution < -0.4 is 0 Å². The molecule has 0 saturated carbocycles. The van der Waals surface area contributed by atoms with Gasteiger partial charge in [0.2, 0.25) is 5.91 Å². The van der Waals surface area contributed by atoms with Gasteiger partial charge >= 0.3 is 0 Å². The summed E-state index contributed by atoms with van der Waals surface area (Å²) in [6.07, 6.45) is 2.68. The molecule has 23 heavy (non-hydrogen) atoms. The molecule has 2 aliphatic heterocycles. The van der Waals surface area contributed by atoms with Crippen molar-refractivity contribution in [3.63, 3.8) is 0 Å². The van der Waals surface area contributed by atoms with Crippen LogP contribution in [0.1, 0.15) is 30.0 Å². The number of rotatable bonds is 3. The van der Waals surface area contributed by atoms with Crippen LogP contribution in [0.2, 0.25) is 0 Å². The molecule has 2 saturated heterocycles. The Kier molecular flexibility index (Phi) is 5.27. The first-order valence-corrected chi connectivity index (χ1v) is 9.10. The van der Waals surface area contributed by atoms with Crippen molar-refractivity contribution in [1.29, 1.82) is 0 Å². The predicted octanol–water partition coefficient (Wildman–Crippen LogP) is 1.23. The summed E-state index contributed by atoms with van der Waals surface area (Å²) in [5, 5.41) is 2.93. The maximum atomic E-state index is 12.4. The Balaban J connectivity index is 1.53. The summed E-state index contributed by atoms with van der Waals surface area (Å²) in [5.74, 6) is 0.189. The van der Waals surface area contributed by atoms with Crippen LogP contribution >= 0.6 is 11.3 Å². The molecule has 126 valence electrons. The summed E-state index contributed by atoms with van der Waals surface area (Å²) in [7, 11) is 0. The Morgan fingerprint density at radius 3 is 2.74 bits per heavy atom. The van der Waals surface area contributed by atoms with Gasteiger partial charge < -0.3 is 14.5 Å². The van der Waals surface area contributed by atoms with Crippen LogP contribution in [0.3, 0.4) is 0 Å². The van der Waals surface area contributed by atoms with Gasteiger partial charge in [-0.15, -0.1) is 11.3 Å². The molecule has 2 amide bonds. The van der Waals surface area contributed by atoms with Crippen LogP contribution in [0.25, 0.3) is 0 Å². The van der Waals surface area contributed by atoms with E-state index in [0.29, 0.717) is 39.2 Å². The van der Waals surface area contributed by atoms with E-state index in [9.17, 15) is 9.59 Å². The Morgan fingerprint density at radius 1 is 1.26 bits per heavy atom. The Bertz CT molecular complexity index is 569. The number of carbonyl (C=O) groups excluding carboxylic acids is 2. The molecule has 3 heterocycles. The van der Waals surface area contributed by atoms with Gasteiger partial charge in [-0.1, -0.05) is 0 Å². The summed E-state index contributed by atoms with van der Waals surface area (Å²) >= 11 is 1.57. The molecule has 1 atom stereocenters. The van der Waals surface area contributed by atoms with E-state index >= 15 is 0 Å². The third-order valence-corrected chi connectivity index (χ3v) is 5.19. The summed E-state index contributed by atoms with van der Waals surface area (Å²) in [5.41, 5.74) is 0.842. The minimum atomic E-state index is -0.268. The smallest absolute Gasteiger partial charge is 0.251 e. The minimum Gasteiger partial charge on any atom is -0.368 e. The first kappa shape index (κ1) is 16.4. The number of ether oxygens (including phenoxy) is 1. The fourth-order valence-electron chi connectivity index (χ4n) is 3.12. The maximum absolute atomic E-state index is 12.4. The molecule has 0 bridgehead atoms. The van der Waals surface area contributed by atoms with Crippen molar-refractivity contribution in [3.05, 3.63) is 16.1 Å². The van der Waals surface area contributed by atoms with Crippen LogP contribution in [0, 0.1) is 6.92 Å². The quantitative estimate of drug-likeness (QED) is 0.832. The number of nitrogens with zero attached hydrogens (tertiary/aromatic N) is 3. The number of aryl methyl sites for hydroxylation is 1. The second-order valence-electron chi connectivity index (χ2n) is 6.10. The number of aromatic nitrogens is 1. The highest BCUT2D eigenvalue weighted by Gasteiger charge is 2.30. The van der Waals surface area contributed by atoms with Gasteiger partial charge in [0.05, 0.1) is 17.1 Å².